The molecule has 22 heavy (non-hydrogen) atoms. The number of hydrogen-bond donors (Lipinski definition) is 0. The third kappa shape index (κ3) is 3.03. The summed E-state index contributed by atoms with van der Waals surface area (Å²) in [6, 6.07) is 17.6. The molecule has 1 unspecified atom stereocenters. The van der Waals surface area contributed by atoms with E-state index in [0.717, 1.165) is 17.0 Å². The van der Waals surface area contributed by atoms with Gasteiger partial charge in [-0.3, -0.25) is 4.79 Å². The molecule has 3 rings (SSSR count). The smallest absolute Gasteiger partial charge is 0.227 e. The Hall–Kier alpha value is -2.55. The topological polar surface area (TPSA) is 29.5 Å². The maximum absolute atomic E-state index is 12.2. The molecule has 0 radical (unpaired) electrons. The number of hydrogen-bond acceptors (Lipinski definition) is 2. The van der Waals surface area contributed by atoms with E-state index in [0.29, 0.717) is 19.6 Å². The van der Waals surface area contributed by atoms with Gasteiger partial charge in [-0.15, -0.1) is 6.58 Å². The first-order valence-electron chi connectivity index (χ1n) is 7.46. The van der Waals surface area contributed by atoms with E-state index in [1.165, 1.54) is 0 Å². The van der Waals surface area contributed by atoms with Gasteiger partial charge in [0.1, 0.15) is 12.4 Å². The van der Waals surface area contributed by atoms with Crippen LogP contribution in [-0.2, 0) is 11.4 Å². The zero-order valence-electron chi connectivity index (χ0n) is 12.4. The summed E-state index contributed by atoms with van der Waals surface area (Å²) in [7, 11) is 0. The Kier molecular flexibility index (Phi) is 4.24. The van der Waals surface area contributed by atoms with Crippen LogP contribution in [0, 0.1) is 5.92 Å². The van der Waals surface area contributed by atoms with Gasteiger partial charge in [0.05, 0.1) is 5.69 Å². The average molecular weight is 293 g/mol. The summed E-state index contributed by atoms with van der Waals surface area (Å²) >= 11 is 0. The van der Waals surface area contributed by atoms with E-state index in [2.05, 4.69) is 6.58 Å². The van der Waals surface area contributed by atoms with Crippen molar-refractivity contribution in [3.8, 4) is 5.75 Å². The highest BCUT2D eigenvalue weighted by atomic mass is 16.5. The molecule has 1 fully saturated rings. The molecule has 0 bridgehead atoms. The lowest BCUT2D eigenvalue weighted by Crippen LogP contribution is -2.25. The van der Waals surface area contributed by atoms with Gasteiger partial charge in [-0.1, -0.05) is 42.5 Å². The molecule has 2 aromatic rings. The molecule has 1 heterocycles. The number of amides is 1. The molecule has 2 aromatic carbocycles. The van der Waals surface area contributed by atoms with Crippen LogP contribution < -0.4 is 9.64 Å². The first-order valence-corrected chi connectivity index (χ1v) is 7.46. The Morgan fingerprint density at radius 2 is 1.86 bits per heavy atom. The van der Waals surface area contributed by atoms with Crippen molar-refractivity contribution in [3.63, 3.8) is 0 Å². The highest BCUT2D eigenvalue weighted by Gasteiger charge is 2.29. The van der Waals surface area contributed by atoms with Crippen LogP contribution in [0.3, 0.4) is 0 Å². The minimum atomic E-state index is 0.150. The number of benzene rings is 2. The Labute approximate surface area is 130 Å². The summed E-state index contributed by atoms with van der Waals surface area (Å²) in [6.45, 7) is 4.95. The molecular formula is C19H19NO2. The Bertz CT molecular complexity index is 666. The van der Waals surface area contributed by atoms with Crippen LogP contribution in [0.2, 0.25) is 0 Å². The largest absolute Gasteiger partial charge is 0.489 e. The number of rotatable bonds is 5. The van der Waals surface area contributed by atoms with Crippen molar-refractivity contribution in [2.45, 2.75) is 13.0 Å². The molecule has 0 aliphatic carbocycles. The fraction of sp³-hybridized carbons (Fsp3) is 0.211. The van der Waals surface area contributed by atoms with Gasteiger partial charge in [-0.05, 0) is 18.2 Å². The van der Waals surface area contributed by atoms with Crippen LogP contribution in [0.1, 0.15) is 12.0 Å². The molecule has 0 aromatic heterocycles. The van der Waals surface area contributed by atoms with Crippen LogP contribution in [0.25, 0.3) is 0 Å². The maximum atomic E-state index is 12.2. The van der Waals surface area contributed by atoms with Gasteiger partial charge in [0.2, 0.25) is 5.91 Å². The van der Waals surface area contributed by atoms with Crippen molar-refractivity contribution in [2.24, 2.45) is 5.92 Å². The number of ether oxygens (including phenoxy) is 1. The molecule has 0 N–H and O–H groups in total. The molecule has 0 spiro atoms. The summed E-state index contributed by atoms with van der Waals surface area (Å²) in [5, 5.41) is 0. The van der Waals surface area contributed by atoms with Crippen molar-refractivity contribution in [2.75, 3.05) is 11.4 Å². The molecule has 1 aliphatic heterocycles. The van der Waals surface area contributed by atoms with E-state index in [1.807, 2.05) is 65.6 Å². The predicted octanol–water partition coefficient (Wildman–Crippen LogP) is 3.80. The van der Waals surface area contributed by atoms with Gasteiger partial charge in [-0.25, -0.2) is 0 Å². The monoisotopic (exact) mass is 293 g/mol. The molecule has 3 heteroatoms. The number of para-hydroxylation sites is 2. The predicted molar refractivity (Wildman–Crippen MR) is 87.9 cm³/mol. The van der Waals surface area contributed by atoms with Crippen molar-refractivity contribution in [1.29, 1.82) is 0 Å². The lowest BCUT2D eigenvalue weighted by Gasteiger charge is -2.20. The zero-order chi connectivity index (χ0) is 15.4. The van der Waals surface area contributed by atoms with Gasteiger partial charge in [-0.2, -0.15) is 0 Å². The summed E-state index contributed by atoms with van der Waals surface area (Å²) in [5.74, 6) is 1.21. The van der Waals surface area contributed by atoms with Crippen molar-refractivity contribution in [1.82, 2.24) is 0 Å². The SMILES string of the molecule is C=CC1CC(=O)N(c2ccccc2COc2ccccc2)C1. The van der Waals surface area contributed by atoms with Gasteiger partial charge < -0.3 is 9.64 Å². The first-order chi connectivity index (χ1) is 10.8. The minimum Gasteiger partial charge on any atom is -0.489 e. The fourth-order valence-electron chi connectivity index (χ4n) is 2.70. The molecule has 1 saturated heterocycles. The third-order valence-corrected chi connectivity index (χ3v) is 3.91. The summed E-state index contributed by atoms with van der Waals surface area (Å²) in [5.41, 5.74) is 1.96. The maximum Gasteiger partial charge on any atom is 0.227 e. The number of carbonyl (C=O) groups excluding carboxylic acids is 1. The van der Waals surface area contributed by atoms with Crippen molar-refractivity contribution < 1.29 is 9.53 Å². The lowest BCUT2D eigenvalue weighted by molar-refractivity contribution is -0.117. The van der Waals surface area contributed by atoms with E-state index in [9.17, 15) is 4.79 Å². The van der Waals surface area contributed by atoms with E-state index in [4.69, 9.17) is 4.74 Å². The van der Waals surface area contributed by atoms with Crippen LogP contribution in [0.4, 0.5) is 5.69 Å². The molecule has 112 valence electrons. The molecule has 1 amide bonds. The Balaban J connectivity index is 1.78. The molecule has 3 nitrogen and oxygen atoms in total. The normalized spacial score (nSPS) is 17.5. The highest BCUT2D eigenvalue weighted by Crippen LogP contribution is 2.29. The molecule has 1 aliphatic rings. The molecule has 0 saturated carbocycles. The third-order valence-electron chi connectivity index (χ3n) is 3.91. The van der Waals surface area contributed by atoms with Crippen molar-refractivity contribution in [3.05, 3.63) is 72.8 Å². The van der Waals surface area contributed by atoms with Crippen LogP contribution in [-0.4, -0.2) is 12.5 Å². The molecule has 1 atom stereocenters. The Morgan fingerprint density at radius 1 is 1.14 bits per heavy atom. The first kappa shape index (κ1) is 14.4. The number of nitrogens with zero attached hydrogens (tertiary/aromatic N) is 1. The second kappa shape index (κ2) is 6.48. The second-order valence-electron chi connectivity index (χ2n) is 5.43. The summed E-state index contributed by atoms with van der Waals surface area (Å²) < 4.78 is 5.82. The van der Waals surface area contributed by atoms with Gasteiger partial charge in [0, 0.05) is 24.4 Å². The quantitative estimate of drug-likeness (QED) is 0.785. The van der Waals surface area contributed by atoms with E-state index >= 15 is 0 Å². The van der Waals surface area contributed by atoms with Crippen LogP contribution in [0.15, 0.2) is 67.3 Å². The molecular weight excluding hydrogens is 274 g/mol. The standard InChI is InChI=1S/C19H19NO2/c1-2-15-12-19(21)20(13-15)18-11-7-6-8-16(18)14-22-17-9-4-3-5-10-17/h2-11,15H,1,12-14H2. The number of anilines is 1. The van der Waals surface area contributed by atoms with Gasteiger partial charge in [0.25, 0.3) is 0 Å². The second-order valence-corrected chi connectivity index (χ2v) is 5.43. The highest BCUT2D eigenvalue weighted by molar-refractivity contribution is 5.96. The average Bonchev–Trinajstić information content (AvgIpc) is 2.95. The van der Waals surface area contributed by atoms with Crippen LogP contribution in [0.5, 0.6) is 5.75 Å². The fourth-order valence-corrected chi connectivity index (χ4v) is 2.70. The van der Waals surface area contributed by atoms with Gasteiger partial charge >= 0.3 is 0 Å². The van der Waals surface area contributed by atoms with E-state index in [1.54, 1.807) is 0 Å². The van der Waals surface area contributed by atoms with E-state index in [-0.39, 0.29) is 11.8 Å². The summed E-state index contributed by atoms with van der Waals surface area (Å²) in [4.78, 5) is 14.1. The lowest BCUT2D eigenvalue weighted by atomic mass is 10.1. The summed E-state index contributed by atoms with van der Waals surface area (Å²) in [6.07, 6.45) is 2.40. The minimum absolute atomic E-state index is 0.150. The van der Waals surface area contributed by atoms with Crippen LogP contribution >= 0.6 is 0 Å². The van der Waals surface area contributed by atoms with Gasteiger partial charge in [0.15, 0.2) is 0 Å². The number of carbonyl (C=O) groups is 1. The Morgan fingerprint density at radius 3 is 2.59 bits per heavy atom. The van der Waals surface area contributed by atoms with E-state index < -0.39 is 0 Å². The zero-order valence-corrected chi connectivity index (χ0v) is 12.4. The van der Waals surface area contributed by atoms with Crippen molar-refractivity contribution >= 4 is 11.6 Å².